The molecule has 1 saturated heterocycles. The Bertz CT molecular complexity index is 1340. The molecule has 1 aliphatic rings. The van der Waals surface area contributed by atoms with Crippen molar-refractivity contribution < 1.29 is 13.2 Å². The monoisotopic (exact) mass is 483 g/mol. The van der Waals surface area contributed by atoms with Crippen molar-refractivity contribution in [3.05, 3.63) is 42.2 Å². The fourth-order valence-corrected chi connectivity index (χ4v) is 6.06. The molecule has 1 unspecified atom stereocenters. The van der Waals surface area contributed by atoms with Crippen LogP contribution in [0.3, 0.4) is 0 Å². The van der Waals surface area contributed by atoms with Crippen LogP contribution in [0.5, 0.6) is 5.88 Å². The number of nitrogens with one attached hydrogen (secondary N) is 1. The molecule has 0 aliphatic carbocycles. The van der Waals surface area contributed by atoms with Gasteiger partial charge in [0.15, 0.2) is 0 Å². The zero-order valence-corrected chi connectivity index (χ0v) is 20.5. The van der Waals surface area contributed by atoms with Crippen molar-refractivity contribution in [1.29, 1.82) is 5.26 Å². The first kappa shape index (κ1) is 23.1. The second kappa shape index (κ2) is 9.08. The van der Waals surface area contributed by atoms with Crippen molar-refractivity contribution in [2.24, 2.45) is 0 Å². The number of sulfonamides is 1. The van der Waals surface area contributed by atoms with Gasteiger partial charge < -0.3 is 9.64 Å². The molecule has 4 rings (SSSR count). The van der Waals surface area contributed by atoms with Gasteiger partial charge in [0, 0.05) is 46.9 Å². The summed E-state index contributed by atoms with van der Waals surface area (Å²) in [5.41, 5.74) is 4.03. The topological polar surface area (TPSA) is 108 Å². The molecule has 3 aromatic rings. The summed E-state index contributed by atoms with van der Waals surface area (Å²) < 4.78 is 31.3. The van der Waals surface area contributed by atoms with Crippen LogP contribution in [0.4, 0.5) is 11.4 Å². The highest BCUT2D eigenvalue weighted by Gasteiger charge is 2.26. The Hall–Kier alpha value is -3.03. The highest BCUT2D eigenvalue weighted by Crippen LogP contribution is 2.37. The van der Waals surface area contributed by atoms with Crippen LogP contribution in [-0.2, 0) is 10.0 Å². The lowest BCUT2D eigenvalue weighted by atomic mass is 10.0. The number of methoxy groups -OCH3 is 1. The van der Waals surface area contributed by atoms with Gasteiger partial charge in [0.25, 0.3) is 0 Å². The van der Waals surface area contributed by atoms with Gasteiger partial charge in [-0.2, -0.15) is 17.0 Å². The summed E-state index contributed by atoms with van der Waals surface area (Å²) in [5, 5.41) is 11.6. The molecule has 0 bridgehead atoms. The zero-order valence-electron chi connectivity index (χ0n) is 18.9. The van der Waals surface area contributed by atoms with Gasteiger partial charge in [0.1, 0.15) is 11.8 Å². The molecule has 1 aliphatic heterocycles. The molecule has 3 heterocycles. The molecule has 172 valence electrons. The Morgan fingerprint density at radius 3 is 2.52 bits per heavy atom. The highest BCUT2D eigenvalue weighted by atomic mass is 32.2. The Balaban J connectivity index is 1.86. The van der Waals surface area contributed by atoms with Crippen LogP contribution in [-0.4, -0.2) is 55.3 Å². The summed E-state index contributed by atoms with van der Waals surface area (Å²) >= 11 is 1.95. The molecule has 0 radical (unpaired) electrons. The number of nitrogens with zero attached hydrogens (tertiary/aromatic N) is 4. The first-order valence-corrected chi connectivity index (χ1v) is 13.3. The SMILES string of the molecule is COc1ncc(-c2ccc3ncc(C#N)c(N4CC(C)S[C@H](C)C4)c3c2)cc1NS(C)(=O)=O. The van der Waals surface area contributed by atoms with E-state index in [4.69, 9.17) is 4.74 Å². The highest BCUT2D eigenvalue weighted by molar-refractivity contribution is 8.00. The number of pyridine rings is 2. The number of aromatic nitrogens is 2. The summed E-state index contributed by atoms with van der Waals surface area (Å²) in [7, 11) is -2.07. The van der Waals surface area contributed by atoms with Gasteiger partial charge in [-0.05, 0) is 23.8 Å². The standard InChI is InChI=1S/C23H25N5O3S2/c1-14-12-28(13-15(2)32-14)22-18(9-24)11-25-20-6-5-16(7-19(20)22)17-8-21(27-33(4,29)30)23(31-3)26-10-17/h5-8,10-11,14-15,27H,12-13H2,1-4H3/t14-,15?/m1/s1. The lowest BCUT2D eigenvalue weighted by molar-refractivity contribution is 0.400. The van der Waals surface area contributed by atoms with Crippen LogP contribution >= 0.6 is 11.8 Å². The summed E-state index contributed by atoms with van der Waals surface area (Å²) in [6.07, 6.45) is 4.35. The summed E-state index contributed by atoms with van der Waals surface area (Å²) in [6, 6.07) is 9.81. The van der Waals surface area contributed by atoms with Crippen molar-refractivity contribution in [3.63, 3.8) is 0 Å². The molecule has 0 amide bonds. The van der Waals surface area contributed by atoms with Crippen molar-refractivity contribution in [1.82, 2.24) is 9.97 Å². The maximum Gasteiger partial charge on any atom is 0.238 e. The second-order valence-electron chi connectivity index (χ2n) is 8.18. The Kier molecular flexibility index (Phi) is 6.36. The predicted octanol–water partition coefficient (Wildman–Crippen LogP) is 3.88. The lowest BCUT2D eigenvalue weighted by Gasteiger charge is -2.37. The van der Waals surface area contributed by atoms with Gasteiger partial charge in [0.05, 0.1) is 30.1 Å². The molecule has 33 heavy (non-hydrogen) atoms. The molecule has 8 nitrogen and oxygen atoms in total. The van der Waals surface area contributed by atoms with E-state index in [0.717, 1.165) is 41.5 Å². The van der Waals surface area contributed by atoms with Crippen LogP contribution in [0.25, 0.3) is 22.0 Å². The van der Waals surface area contributed by atoms with Gasteiger partial charge >= 0.3 is 0 Å². The van der Waals surface area contributed by atoms with Crippen molar-refractivity contribution in [2.45, 2.75) is 24.3 Å². The third-order valence-corrected chi connectivity index (χ3v) is 7.19. The summed E-state index contributed by atoms with van der Waals surface area (Å²) in [5.74, 6) is 0.188. The minimum Gasteiger partial charge on any atom is -0.480 e. The van der Waals surface area contributed by atoms with Crippen LogP contribution in [0, 0.1) is 11.3 Å². The van der Waals surface area contributed by atoms with Crippen molar-refractivity contribution in [3.8, 4) is 23.1 Å². The van der Waals surface area contributed by atoms with Gasteiger partial charge in [0.2, 0.25) is 15.9 Å². The lowest BCUT2D eigenvalue weighted by Crippen LogP contribution is -2.40. The van der Waals surface area contributed by atoms with E-state index in [-0.39, 0.29) is 11.6 Å². The van der Waals surface area contributed by atoms with Crippen LogP contribution in [0.15, 0.2) is 36.7 Å². The van der Waals surface area contributed by atoms with Gasteiger partial charge in [-0.3, -0.25) is 9.71 Å². The van der Waals surface area contributed by atoms with E-state index in [0.29, 0.717) is 21.6 Å². The number of benzene rings is 1. The maximum absolute atomic E-state index is 11.8. The predicted molar refractivity (Wildman–Crippen MR) is 133 cm³/mol. The van der Waals surface area contributed by atoms with E-state index >= 15 is 0 Å². The first-order chi connectivity index (χ1) is 15.7. The van der Waals surface area contributed by atoms with Gasteiger partial charge in [-0.1, -0.05) is 19.9 Å². The fraction of sp³-hybridized carbons (Fsp3) is 0.348. The number of fused-ring (bicyclic) bond motifs is 1. The number of thioether (sulfide) groups is 1. The average Bonchev–Trinajstić information content (AvgIpc) is 2.76. The zero-order chi connectivity index (χ0) is 23.8. The Morgan fingerprint density at radius 2 is 1.88 bits per heavy atom. The molecule has 1 aromatic carbocycles. The van der Waals surface area contributed by atoms with Crippen LogP contribution < -0.4 is 14.4 Å². The third-order valence-electron chi connectivity index (χ3n) is 5.37. The Morgan fingerprint density at radius 1 is 1.15 bits per heavy atom. The molecule has 2 atom stereocenters. The minimum atomic E-state index is -3.51. The first-order valence-electron chi connectivity index (χ1n) is 10.4. The van der Waals surface area contributed by atoms with E-state index in [1.165, 1.54) is 7.11 Å². The second-order valence-corrected chi connectivity index (χ2v) is 11.8. The van der Waals surface area contributed by atoms with Crippen LogP contribution in [0.2, 0.25) is 0 Å². The molecule has 10 heteroatoms. The number of rotatable bonds is 5. The van der Waals surface area contributed by atoms with E-state index in [1.54, 1.807) is 18.5 Å². The van der Waals surface area contributed by atoms with E-state index in [1.807, 2.05) is 30.0 Å². The molecule has 1 N–H and O–H groups in total. The van der Waals surface area contributed by atoms with Gasteiger partial charge in [-0.15, -0.1) is 0 Å². The van der Waals surface area contributed by atoms with E-state index in [2.05, 4.69) is 39.5 Å². The number of hydrogen-bond acceptors (Lipinski definition) is 8. The quantitative estimate of drug-likeness (QED) is 0.582. The number of ether oxygens (including phenoxy) is 1. The molecular weight excluding hydrogens is 458 g/mol. The van der Waals surface area contributed by atoms with E-state index in [9.17, 15) is 13.7 Å². The Labute approximate surface area is 198 Å². The van der Waals surface area contributed by atoms with Crippen molar-refractivity contribution in [2.75, 3.05) is 36.1 Å². The summed E-state index contributed by atoms with van der Waals surface area (Å²) in [4.78, 5) is 11.0. The maximum atomic E-state index is 11.8. The summed E-state index contributed by atoms with van der Waals surface area (Å²) in [6.45, 7) is 6.10. The number of nitriles is 1. The van der Waals surface area contributed by atoms with Crippen LogP contribution in [0.1, 0.15) is 19.4 Å². The largest absolute Gasteiger partial charge is 0.480 e. The average molecular weight is 484 g/mol. The fourth-order valence-electron chi connectivity index (χ4n) is 4.19. The smallest absolute Gasteiger partial charge is 0.238 e. The molecule has 0 saturated carbocycles. The third kappa shape index (κ3) is 4.99. The molecule has 2 aromatic heterocycles. The molecular formula is C23H25N5O3S2. The van der Waals surface area contributed by atoms with E-state index < -0.39 is 10.0 Å². The van der Waals surface area contributed by atoms with Gasteiger partial charge in [-0.25, -0.2) is 13.4 Å². The molecule has 1 fully saturated rings. The molecule has 0 spiro atoms. The number of anilines is 2. The van der Waals surface area contributed by atoms with Crippen molar-refractivity contribution >= 4 is 44.1 Å². The number of hydrogen-bond donors (Lipinski definition) is 1. The normalized spacial score (nSPS) is 18.7. The minimum absolute atomic E-state index is 0.188.